The monoisotopic (exact) mass is 390 g/mol. The number of nitrogens with one attached hydrogen (secondary N) is 1. The standard InChI is InChI=1S/C23H26N4O2/c1-2-3-12-27-15-25-20-10-8-17(13-19(20)23(27)29)18-9-11-21(24-14-18)26-22(28)16-6-4-5-7-16/h8-11,13-16H,2-7,12H2,1H3,(H,24,26,28). The number of rotatable bonds is 6. The van der Waals surface area contributed by atoms with Crippen LogP contribution in [0.2, 0.25) is 0 Å². The molecule has 1 aromatic carbocycles. The van der Waals surface area contributed by atoms with Gasteiger partial charge in [0.15, 0.2) is 0 Å². The third-order valence-electron chi connectivity index (χ3n) is 5.65. The Labute approximate surface area is 170 Å². The van der Waals surface area contributed by atoms with E-state index in [9.17, 15) is 9.59 Å². The van der Waals surface area contributed by atoms with Gasteiger partial charge in [-0.2, -0.15) is 0 Å². The predicted octanol–water partition coefficient (Wildman–Crippen LogP) is 4.39. The van der Waals surface area contributed by atoms with Crippen molar-refractivity contribution >= 4 is 22.6 Å². The molecular formula is C23H26N4O2. The van der Waals surface area contributed by atoms with Crippen molar-refractivity contribution in [2.24, 2.45) is 5.92 Å². The van der Waals surface area contributed by atoms with Crippen LogP contribution in [0.3, 0.4) is 0 Å². The van der Waals surface area contributed by atoms with Crippen LogP contribution >= 0.6 is 0 Å². The van der Waals surface area contributed by atoms with Gasteiger partial charge in [-0.15, -0.1) is 0 Å². The number of aryl methyl sites for hydroxylation is 1. The molecule has 0 radical (unpaired) electrons. The first kappa shape index (κ1) is 19.3. The van der Waals surface area contributed by atoms with Crippen LogP contribution in [-0.2, 0) is 11.3 Å². The first-order valence-electron chi connectivity index (χ1n) is 10.4. The molecule has 1 saturated carbocycles. The van der Waals surface area contributed by atoms with Gasteiger partial charge >= 0.3 is 0 Å². The van der Waals surface area contributed by atoms with Gasteiger partial charge in [-0.05, 0) is 49.1 Å². The van der Waals surface area contributed by atoms with Gasteiger partial charge in [0, 0.05) is 24.2 Å². The maximum atomic E-state index is 12.8. The summed E-state index contributed by atoms with van der Waals surface area (Å²) < 4.78 is 1.68. The molecule has 29 heavy (non-hydrogen) atoms. The zero-order valence-electron chi connectivity index (χ0n) is 16.7. The van der Waals surface area contributed by atoms with Crippen molar-refractivity contribution in [1.82, 2.24) is 14.5 Å². The van der Waals surface area contributed by atoms with Crippen molar-refractivity contribution in [2.75, 3.05) is 5.32 Å². The number of nitrogens with zero attached hydrogens (tertiary/aromatic N) is 3. The summed E-state index contributed by atoms with van der Waals surface area (Å²) in [7, 11) is 0. The van der Waals surface area contributed by atoms with Crippen molar-refractivity contribution in [2.45, 2.75) is 52.0 Å². The van der Waals surface area contributed by atoms with Crippen LogP contribution in [-0.4, -0.2) is 20.4 Å². The topological polar surface area (TPSA) is 76.9 Å². The second-order valence-electron chi connectivity index (χ2n) is 7.73. The summed E-state index contributed by atoms with van der Waals surface area (Å²) in [6.45, 7) is 2.78. The number of amides is 1. The zero-order valence-corrected chi connectivity index (χ0v) is 16.7. The molecule has 1 aliphatic rings. The fourth-order valence-corrected chi connectivity index (χ4v) is 3.88. The van der Waals surface area contributed by atoms with E-state index < -0.39 is 0 Å². The normalized spacial score (nSPS) is 14.4. The number of carbonyl (C=O) groups excluding carboxylic acids is 1. The van der Waals surface area contributed by atoms with E-state index in [4.69, 9.17) is 0 Å². The molecule has 6 heteroatoms. The van der Waals surface area contributed by atoms with Crippen LogP contribution in [0.4, 0.5) is 5.82 Å². The molecule has 0 aliphatic heterocycles. The lowest BCUT2D eigenvalue weighted by Crippen LogP contribution is -2.20. The summed E-state index contributed by atoms with van der Waals surface area (Å²) in [6, 6.07) is 9.42. The molecule has 0 bridgehead atoms. The summed E-state index contributed by atoms with van der Waals surface area (Å²) in [5.41, 5.74) is 2.48. The molecule has 1 aliphatic carbocycles. The molecule has 4 rings (SSSR count). The van der Waals surface area contributed by atoms with E-state index >= 15 is 0 Å². The summed E-state index contributed by atoms with van der Waals surface area (Å²) in [4.78, 5) is 33.9. The van der Waals surface area contributed by atoms with Crippen molar-refractivity contribution in [3.8, 4) is 11.1 Å². The molecule has 0 unspecified atom stereocenters. The van der Waals surface area contributed by atoms with Gasteiger partial charge < -0.3 is 5.32 Å². The third kappa shape index (κ3) is 4.21. The smallest absolute Gasteiger partial charge is 0.261 e. The van der Waals surface area contributed by atoms with Crippen molar-refractivity contribution in [3.63, 3.8) is 0 Å². The largest absolute Gasteiger partial charge is 0.310 e. The van der Waals surface area contributed by atoms with Gasteiger partial charge in [-0.25, -0.2) is 9.97 Å². The maximum Gasteiger partial charge on any atom is 0.261 e. The molecule has 150 valence electrons. The van der Waals surface area contributed by atoms with Crippen molar-refractivity contribution < 1.29 is 4.79 Å². The highest BCUT2D eigenvalue weighted by Crippen LogP contribution is 2.26. The minimum absolute atomic E-state index is 0.0151. The Morgan fingerprint density at radius 3 is 2.66 bits per heavy atom. The number of hydrogen-bond donors (Lipinski definition) is 1. The molecule has 6 nitrogen and oxygen atoms in total. The Kier molecular flexibility index (Phi) is 5.69. The molecule has 1 N–H and O–H groups in total. The van der Waals surface area contributed by atoms with E-state index in [-0.39, 0.29) is 17.4 Å². The first-order valence-corrected chi connectivity index (χ1v) is 10.4. The molecule has 0 saturated heterocycles. The SMILES string of the molecule is CCCCn1cnc2ccc(-c3ccc(NC(=O)C4CCCC4)nc3)cc2c1=O. The number of anilines is 1. The lowest BCUT2D eigenvalue weighted by molar-refractivity contribution is -0.119. The fourth-order valence-electron chi connectivity index (χ4n) is 3.88. The van der Waals surface area contributed by atoms with Crippen LogP contribution in [0.25, 0.3) is 22.0 Å². The van der Waals surface area contributed by atoms with Gasteiger partial charge in [-0.1, -0.05) is 32.3 Å². The molecule has 0 atom stereocenters. The number of pyridine rings is 1. The lowest BCUT2D eigenvalue weighted by Gasteiger charge is -2.10. The highest BCUT2D eigenvalue weighted by Gasteiger charge is 2.22. The lowest BCUT2D eigenvalue weighted by atomic mass is 10.1. The number of benzene rings is 1. The maximum absolute atomic E-state index is 12.8. The number of unbranched alkanes of at least 4 members (excludes halogenated alkanes) is 1. The molecule has 0 spiro atoms. The second kappa shape index (κ2) is 8.55. The molecule has 2 heterocycles. The van der Waals surface area contributed by atoms with E-state index in [2.05, 4.69) is 22.2 Å². The van der Waals surface area contributed by atoms with Crippen LogP contribution in [0.1, 0.15) is 45.4 Å². The summed E-state index contributed by atoms with van der Waals surface area (Å²) in [5.74, 6) is 0.738. The summed E-state index contributed by atoms with van der Waals surface area (Å²) in [6.07, 6.45) is 9.52. The van der Waals surface area contributed by atoms with E-state index in [1.54, 1.807) is 17.1 Å². The van der Waals surface area contributed by atoms with Crippen LogP contribution < -0.4 is 10.9 Å². The van der Waals surface area contributed by atoms with E-state index in [0.29, 0.717) is 23.3 Å². The molecule has 2 aromatic heterocycles. The Morgan fingerprint density at radius 1 is 1.14 bits per heavy atom. The fraction of sp³-hybridized carbons (Fsp3) is 0.391. The van der Waals surface area contributed by atoms with Gasteiger partial charge in [0.25, 0.3) is 5.56 Å². The first-order chi connectivity index (χ1) is 14.2. The molecule has 1 fully saturated rings. The minimum atomic E-state index is -0.0151. The Balaban J connectivity index is 1.56. The third-order valence-corrected chi connectivity index (χ3v) is 5.65. The van der Waals surface area contributed by atoms with Gasteiger partial charge in [0.1, 0.15) is 5.82 Å². The average Bonchev–Trinajstić information content (AvgIpc) is 3.29. The Bertz CT molecular complexity index is 1070. The van der Waals surface area contributed by atoms with Gasteiger partial charge in [0.05, 0.1) is 17.2 Å². The van der Waals surface area contributed by atoms with Crippen LogP contribution in [0.5, 0.6) is 0 Å². The second-order valence-corrected chi connectivity index (χ2v) is 7.73. The van der Waals surface area contributed by atoms with E-state index in [1.165, 1.54) is 0 Å². The van der Waals surface area contributed by atoms with E-state index in [0.717, 1.165) is 49.7 Å². The van der Waals surface area contributed by atoms with Crippen molar-refractivity contribution in [3.05, 3.63) is 53.2 Å². The summed E-state index contributed by atoms with van der Waals surface area (Å²) in [5, 5.41) is 3.53. The summed E-state index contributed by atoms with van der Waals surface area (Å²) >= 11 is 0. The number of aromatic nitrogens is 3. The quantitative estimate of drug-likeness (QED) is 0.677. The van der Waals surface area contributed by atoms with Gasteiger partial charge in [-0.3, -0.25) is 14.2 Å². The van der Waals surface area contributed by atoms with Crippen LogP contribution in [0.15, 0.2) is 47.7 Å². The van der Waals surface area contributed by atoms with E-state index in [1.807, 2.05) is 30.3 Å². The molecule has 3 aromatic rings. The number of hydrogen-bond acceptors (Lipinski definition) is 4. The average molecular weight is 390 g/mol. The molecule has 1 amide bonds. The minimum Gasteiger partial charge on any atom is -0.310 e. The highest BCUT2D eigenvalue weighted by atomic mass is 16.2. The van der Waals surface area contributed by atoms with Crippen LogP contribution in [0, 0.1) is 5.92 Å². The zero-order chi connectivity index (χ0) is 20.2. The predicted molar refractivity (Wildman–Crippen MR) is 115 cm³/mol. The molecular weight excluding hydrogens is 364 g/mol. The van der Waals surface area contributed by atoms with Crippen molar-refractivity contribution in [1.29, 1.82) is 0 Å². The van der Waals surface area contributed by atoms with Gasteiger partial charge in [0.2, 0.25) is 5.91 Å². The Hall–Kier alpha value is -3.02. The number of fused-ring (bicyclic) bond motifs is 1. The highest BCUT2D eigenvalue weighted by molar-refractivity contribution is 5.92. The number of carbonyl (C=O) groups is 1. The Morgan fingerprint density at radius 2 is 1.93 bits per heavy atom.